The van der Waals surface area contributed by atoms with E-state index < -0.39 is 15.7 Å². The zero-order chi connectivity index (χ0) is 12.0. The second kappa shape index (κ2) is 6.22. The summed E-state index contributed by atoms with van der Waals surface area (Å²) in [5.41, 5.74) is 0.578. The van der Waals surface area contributed by atoms with Gasteiger partial charge in [-0.05, 0) is 12.5 Å². The maximum Gasteiger partial charge on any atom is 0.292 e. The molecule has 1 aromatic rings. The highest BCUT2D eigenvalue weighted by Gasteiger charge is 2.10. The first-order chi connectivity index (χ1) is 7.61. The molecule has 16 heavy (non-hydrogen) atoms. The van der Waals surface area contributed by atoms with Gasteiger partial charge in [-0.1, -0.05) is 12.1 Å². The summed E-state index contributed by atoms with van der Waals surface area (Å²) in [7, 11) is -0.811. The molecule has 0 bridgehead atoms. The summed E-state index contributed by atoms with van der Waals surface area (Å²) in [5.74, 6) is 0.605. The lowest BCUT2D eigenvalue weighted by atomic mass is 10.2. The normalized spacial score (nSPS) is 12.1. The Labute approximate surface area is 96.5 Å². The predicted molar refractivity (Wildman–Crippen MR) is 65.1 cm³/mol. The molecule has 0 aromatic heterocycles. The van der Waals surface area contributed by atoms with Gasteiger partial charge in [0.25, 0.3) is 5.69 Å². The van der Waals surface area contributed by atoms with E-state index in [2.05, 4.69) is 5.32 Å². The van der Waals surface area contributed by atoms with Gasteiger partial charge in [0.15, 0.2) is 0 Å². The third-order valence-corrected chi connectivity index (χ3v) is 2.89. The maximum absolute atomic E-state index is 10.8. The van der Waals surface area contributed by atoms with Crippen molar-refractivity contribution < 1.29 is 9.13 Å². The Kier molecular flexibility index (Phi) is 4.91. The van der Waals surface area contributed by atoms with Crippen molar-refractivity contribution in [2.24, 2.45) is 0 Å². The topological polar surface area (TPSA) is 72.2 Å². The lowest BCUT2D eigenvalue weighted by Crippen LogP contribution is -2.07. The molecule has 0 amide bonds. The van der Waals surface area contributed by atoms with Crippen molar-refractivity contribution in [1.29, 1.82) is 0 Å². The van der Waals surface area contributed by atoms with Gasteiger partial charge in [-0.2, -0.15) is 0 Å². The summed E-state index contributed by atoms with van der Waals surface area (Å²) in [4.78, 5) is 10.3. The molecule has 0 saturated carbocycles. The average Bonchev–Trinajstić information content (AvgIpc) is 2.24. The number of nitro groups is 1. The highest BCUT2D eigenvalue weighted by molar-refractivity contribution is 7.84. The fraction of sp³-hybridized carbons (Fsp3) is 0.400. The van der Waals surface area contributed by atoms with Crippen LogP contribution in [-0.2, 0) is 10.8 Å². The van der Waals surface area contributed by atoms with Crippen molar-refractivity contribution in [2.45, 2.75) is 6.42 Å². The van der Waals surface area contributed by atoms with Crippen LogP contribution in [0.5, 0.6) is 0 Å². The number of benzene rings is 1. The van der Waals surface area contributed by atoms with Crippen LogP contribution in [-0.4, -0.2) is 27.7 Å². The van der Waals surface area contributed by atoms with Gasteiger partial charge in [-0.3, -0.25) is 14.3 Å². The Bertz CT molecular complexity index is 395. The minimum absolute atomic E-state index is 0.0696. The predicted octanol–water partition coefficient (Wildman–Crippen LogP) is 1.78. The van der Waals surface area contributed by atoms with Gasteiger partial charge >= 0.3 is 0 Å². The molecule has 0 aliphatic carbocycles. The lowest BCUT2D eigenvalue weighted by molar-refractivity contribution is -0.384. The summed E-state index contributed by atoms with van der Waals surface area (Å²) < 4.78 is 10.8. The summed E-state index contributed by atoms with van der Waals surface area (Å²) >= 11 is 0. The van der Waals surface area contributed by atoms with Gasteiger partial charge in [0.05, 0.1) is 4.92 Å². The number of nitro benzene ring substituents is 1. The number of rotatable bonds is 6. The highest BCUT2D eigenvalue weighted by Crippen LogP contribution is 2.22. The SMILES string of the molecule is CS(=O)CCCNc1ccccc1[N+](=O)[O-]. The molecule has 0 spiro atoms. The minimum atomic E-state index is -0.811. The molecule has 0 aliphatic heterocycles. The van der Waals surface area contributed by atoms with Crippen molar-refractivity contribution >= 4 is 22.2 Å². The Morgan fingerprint density at radius 2 is 2.12 bits per heavy atom. The van der Waals surface area contributed by atoms with E-state index in [1.165, 1.54) is 6.07 Å². The number of hydrogen-bond donors (Lipinski definition) is 1. The van der Waals surface area contributed by atoms with Crippen LogP contribution in [0.4, 0.5) is 11.4 Å². The molecule has 5 nitrogen and oxygen atoms in total. The number of nitrogens with zero attached hydrogens (tertiary/aromatic N) is 1. The lowest BCUT2D eigenvalue weighted by Gasteiger charge is -2.05. The van der Waals surface area contributed by atoms with Gasteiger partial charge in [0, 0.05) is 35.4 Å². The standard InChI is InChI=1S/C10H14N2O3S/c1-16(15)8-4-7-11-9-5-2-3-6-10(9)12(13)14/h2-3,5-6,11H,4,7-8H2,1H3. The maximum atomic E-state index is 10.8. The Morgan fingerprint density at radius 1 is 1.44 bits per heavy atom. The second-order valence-electron chi connectivity index (χ2n) is 3.33. The van der Waals surface area contributed by atoms with Gasteiger partial charge < -0.3 is 5.32 Å². The Morgan fingerprint density at radius 3 is 2.75 bits per heavy atom. The Hall–Kier alpha value is -1.43. The van der Waals surface area contributed by atoms with Crippen molar-refractivity contribution in [3.63, 3.8) is 0 Å². The van der Waals surface area contributed by atoms with E-state index in [0.717, 1.165) is 6.42 Å². The first kappa shape index (κ1) is 12.6. The van der Waals surface area contributed by atoms with Crippen molar-refractivity contribution in [3.8, 4) is 0 Å². The van der Waals surface area contributed by atoms with Crippen LogP contribution in [0.1, 0.15) is 6.42 Å². The van der Waals surface area contributed by atoms with Crippen molar-refractivity contribution in [2.75, 3.05) is 23.9 Å². The molecule has 1 atom stereocenters. The van der Waals surface area contributed by atoms with Crippen LogP contribution in [0.3, 0.4) is 0 Å². The smallest absolute Gasteiger partial charge is 0.292 e. The van der Waals surface area contributed by atoms with Crippen LogP contribution in [0.2, 0.25) is 0 Å². The van der Waals surface area contributed by atoms with Gasteiger partial charge in [-0.15, -0.1) is 0 Å². The minimum Gasteiger partial charge on any atom is -0.379 e. The number of nitrogens with one attached hydrogen (secondary N) is 1. The van der Waals surface area contributed by atoms with Crippen LogP contribution in [0.15, 0.2) is 24.3 Å². The molecule has 1 aromatic carbocycles. The highest BCUT2D eigenvalue weighted by atomic mass is 32.2. The summed E-state index contributed by atoms with van der Waals surface area (Å²) in [6.07, 6.45) is 2.38. The molecule has 0 radical (unpaired) electrons. The number of anilines is 1. The van der Waals surface area contributed by atoms with E-state index in [1.807, 2.05) is 0 Å². The number of hydrogen-bond acceptors (Lipinski definition) is 4. The van der Waals surface area contributed by atoms with Crippen LogP contribution < -0.4 is 5.32 Å². The van der Waals surface area contributed by atoms with Crippen LogP contribution in [0, 0.1) is 10.1 Å². The molecule has 1 N–H and O–H groups in total. The molecule has 0 fully saturated rings. The Balaban J connectivity index is 2.53. The zero-order valence-corrected chi connectivity index (χ0v) is 9.83. The molecule has 88 valence electrons. The summed E-state index contributed by atoms with van der Waals surface area (Å²) in [5, 5.41) is 13.7. The largest absolute Gasteiger partial charge is 0.379 e. The van der Waals surface area contributed by atoms with E-state index in [4.69, 9.17) is 0 Å². The summed E-state index contributed by atoms with van der Waals surface area (Å²) in [6, 6.07) is 6.50. The van der Waals surface area contributed by atoms with E-state index in [1.54, 1.807) is 24.5 Å². The molecule has 0 heterocycles. The van der Waals surface area contributed by atoms with Crippen LogP contribution in [0.25, 0.3) is 0 Å². The van der Waals surface area contributed by atoms with Gasteiger partial charge in [0.2, 0.25) is 0 Å². The molecule has 0 aliphatic rings. The second-order valence-corrected chi connectivity index (χ2v) is 4.89. The quantitative estimate of drug-likeness (QED) is 0.469. The van der Waals surface area contributed by atoms with Crippen molar-refractivity contribution in [1.82, 2.24) is 0 Å². The zero-order valence-electron chi connectivity index (χ0n) is 9.01. The fourth-order valence-electron chi connectivity index (χ4n) is 1.28. The molecule has 6 heteroatoms. The summed E-state index contributed by atoms with van der Waals surface area (Å²) in [6.45, 7) is 0.588. The molecular formula is C10H14N2O3S. The first-order valence-electron chi connectivity index (χ1n) is 4.88. The molecule has 1 unspecified atom stereocenters. The molecule has 1 rings (SSSR count). The fourth-order valence-corrected chi connectivity index (χ4v) is 1.83. The molecule has 0 saturated heterocycles. The van der Waals surface area contributed by atoms with E-state index in [0.29, 0.717) is 18.0 Å². The van der Waals surface area contributed by atoms with Gasteiger partial charge in [-0.25, -0.2) is 0 Å². The monoisotopic (exact) mass is 242 g/mol. The van der Waals surface area contributed by atoms with E-state index in [-0.39, 0.29) is 5.69 Å². The van der Waals surface area contributed by atoms with E-state index in [9.17, 15) is 14.3 Å². The number of para-hydroxylation sites is 2. The molecular weight excluding hydrogens is 228 g/mol. The van der Waals surface area contributed by atoms with Crippen LogP contribution >= 0.6 is 0 Å². The average molecular weight is 242 g/mol. The van der Waals surface area contributed by atoms with E-state index >= 15 is 0 Å². The van der Waals surface area contributed by atoms with Gasteiger partial charge in [0.1, 0.15) is 5.69 Å². The third kappa shape index (κ3) is 3.98. The van der Waals surface area contributed by atoms with Crippen molar-refractivity contribution in [3.05, 3.63) is 34.4 Å². The third-order valence-electron chi connectivity index (χ3n) is 2.02. The first-order valence-corrected chi connectivity index (χ1v) is 6.61.